The summed E-state index contributed by atoms with van der Waals surface area (Å²) >= 11 is 9.32. The topological polar surface area (TPSA) is 37.4 Å². The summed E-state index contributed by atoms with van der Waals surface area (Å²) in [5.74, 6) is -0.969. The summed E-state index contributed by atoms with van der Waals surface area (Å²) in [5.41, 5.74) is 0.930. The molecule has 1 amide bonds. The Kier molecular flexibility index (Phi) is 3.04. The Bertz CT molecular complexity index is 487. The van der Waals surface area contributed by atoms with Gasteiger partial charge in [0.05, 0.1) is 16.3 Å². The zero-order valence-corrected chi connectivity index (χ0v) is 10.9. The summed E-state index contributed by atoms with van der Waals surface area (Å²) in [6, 6.07) is 3.33. The van der Waals surface area contributed by atoms with E-state index in [-0.39, 0.29) is 0 Å². The normalized spacial score (nSPS) is 14.6. The molecule has 16 heavy (non-hydrogen) atoms. The van der Waals surface area contributed by atoms with E-state index >= 15 is 0 Å². The molecule has 1 aromatic rings. The number of anilines is 1. The van der Waals surface area contributed by atoms with Crippen molar-refractivity contribution in [3.63, 3.8) is 0 Å². The highest BCUT2D eigenvalue weighted by Crippen LogP contribution is 2.38. The van der Waals surface area contributed by atoms with E-state index in [2.05, 4.69) is 15.9 Å². The average molecular weight is 303 g/mol. The Hall–Kier alpha value is -0.870. The number of carbonyl (C=O) groups excluding carboxylic acids is 2. The molecule has 3 nitrogen and oxygen atoms in total. The zero-order chi connectivity index (χ0) is 11.9. The van der Waals surface area contributed by atoms with Crippen molar-refractivity contribution < 1.29 is 9.59 Å². The van der Waals surface area contributed by atoms with E-state index in [0.717, 1.165) is 6.42 Å². The highest BCUT2D eigenvalue weighted by Gasteiger charge is 2.37. The third-order valence-corrected chi connectivity index (χ3v) is 3.18. The van der Waals surface area contributed by atoms with Crippen LogP contribution in [0.25, 0.3) is 0 Å². The molecule has 0 saturated carbocycles. The third kappa shape index (κ3) is 1.66. The van der Waals surface area contributed by atoms with Gasteiger partial charge in [-0.3, -0.25) is 9.59 Å². The summed E-state index contributed by atoms with van der Waals surface area (Å²) in [6.07, 6.45) is 0.783. The van der Waals surface area contributed by atoms with Crippen LogP contribution in [0.3, 0.4) is 0 Å². The predicted octanol–water partition coefficient (Wildman–Crippen LogP) is 3.04. The molecular formula is C11H9BrClNO2. The number of carbonyl (C=O) groups is 2. The van der Waals surface area contributed by atoms with Crippen molar-refractivity contribution in [2.45, 2.75) is 13.3 Å². The van der Waals surface area contributed by atoms with Gasteiger partial charge in [0.1, 0.15) is 0 Å². The van der Waals surface area contributed by atoms with E-state index < -0.39 is 11.7 Å². The van der Waals surface area contributed by atoms with Crippen molar-refractivity contribution in [2.24, 2.45) is 0 Å². The van der Waals surface area contributed by atoms with Gasteiger partial charge in [-0.2, -0.15) is 0 Å². The molecule has 1 heterocycles. The molecule has 1 aliphatic heterocycles. The fraction of sp³-hybridized carbons (Fsp3) is 0.273. The maximum atomic E-state index is 11.7. The van der Waals surface area contributed by atoms with Gasteiger partial charge in [-0.05, 0) is 18.6 Å². The van der Waals surface area contributed by atoms with Gasteiger partial charge < -0.3 is 4.90 Å². The Morgan fingerprint density at radius 3 is 2.69 bits per heavy atom. The number of halogens is 2. The largest absolute Gasteiger partial charge is 0.303 e. The van der Waals surface area contributed by atoms with Crippen molar-refractivity contribution in [3.05, 3.63) is 27.2 Å². The molecular weight excluding hydrogens is 293 g/mol. The standard InChI is InChI=1S/C11H9BrClNO2/c1-2-3-14-9-7(10(15)11(14)16)4-6(12)5-8(9)13/h4-5H,2-3H2,1H3. The lowest BCUT2D eigenvalue weighted by Gasteiger charge is -2.16. The molecule has 0 unspecified atom stereocenters. The van der Waals surface area contributed by atoms with Crippen LogP contribution in [0.5, 0.6) is 0 Å². The van der Waals surface area contributed by atoms with Crippen LogP contribution in [0.15, 0.2) is 16.6 Å². The maximum Gasteiger partial charge on any atom is 0.299 e. The van der Waals surface area contributed by atoms with E-state index in [4.69, 9.17) is 11.6 Å². The van der Waals surface area contributed by atoms with Crippen LogP contribution < -0.4 is 4.90 Å². The highest BCUT2D eigenvalue weighted by molar-refractivity contribution is 9.10. The minimum Gasteiger partial charge on any atom is -0.303 e. The minimum atomic E-state index is -0.489. The first-order valence-corrected chi connectivity index (χ1v) is 6.08. The van der Waals surface area contributed by atoms with Crippen LogP contribution in [-0.2, 0) is 4.79 Å². The summed E-state index contributed by atoms with van der Waals surface area (Å²) in [4.78, 5) is 24.9. The smallest absolute Gasteiger partial charge is 0.299 e. The summed E-state index contributed by atoms with van der Waals surface area (Å²) in [5, 5.41) is 0.428. The van der Waals surface area contributed by atoms with E-state index in [9.17, 15) is 9.59 Å². The molecule has 0 radical (unpaired) electrons. The van der Waals surface area contributed by atoms with Gasteiger partial charge in [-0.1, -0.05) is 34.5 Å². The fourth-order valence-corrected chi connectivity index (χ4v) is 2.70. The minimum absolute atomic E-state index is 0.387. The number of ketones is 1. The van der Waals surface area contributed by atoms with Crippen molar-refractivity contribution in [1.29, 1.82) is 0 Å². The summed E-state index contributed by atoms with van der Waals surface area (Å²) in [6.45, 7) is 2.46. The fourth-order valence-electron chi connectivity index (χ4n) is 1.79. The molecule has 2 rings (SSSR count). The van der Waals surface area contributed by atoms with Crippen LogP contribution in [0.4, 0.5) is 5.69 Å². The number of hydrogen-bond acceptors (Lipinski definition) is 2. The van der Waals surface area contributed by atoms with Crippen molar-refractivity contribution in [3.8, 4) is 0 Å². The Morgan fingerprint density at radius 1 is 1.38 bits per heavy atom. The molecule has 0 N–H and O–H groups in total. The number of amides is 1. The SMILES string of the molecule is CCCN1C(=O)C(=O)c2cc(Br)cc(Cl)c21. The van der Waals surface area contributed by atoms with Crippen LogP contribution in [0, 0.1) is 0 Å². The molecule has 1 aliphatic rings. The molecule has 0 aromatic heterocycles. The van der Waals surface area contributed by atoms with Gasteiger partial charge in [0.25, 0.3) is 11.7 Å². The van der Waals surface area contributed by atoms with Gasteiger partial charge >= 0.3 is 0 Å². The van der Waals surface area contributed by atoms with E-state index in [1.807, 2.05) is 6.92 Å². The highest BCUT2D eigenvalue weighted by atomic mass is 79.9. The predicted molar refractivity (Wildman–Crippen MR) is 66.1 cm³/mol. The van der Waals surface area contributed by atoms with Crippen molar-refractivity contribution in [1.82, 2.24) is 0 Å². The second kappa shape index (κ2) is 4.18. The van der Waals surface area contributed by atoms with Crippen molar-refractivity contribution >= 4 is 44.9 Å². The van der Waals surface area contributed by atoms with E-state index in [0.29, 0.717) is 27.3 Å². The van der Waals surface area contributed by atoms with E-state index in [1.165, 1.54) is 4.90 Å². The number of fused-ring (bicyclic) bond motifs is 1. The molecule has 0 spiro atoms. The molecule has 0 atom stereocenters. The number of benzene rings is 1. The summed E-state index contributed by atoms with van der Waals surface area (Å²) in [7, 11) is 0. The lowest BCUT2D eigenvalue weighted by molar-refractivity contribution is -0.114. The van der Waals surface area contributed by atoms with Gasteiger partial charge in [0.15, 0.2) is 0 Å². The maximum absolute atomic E-state index is 11.7. The first-order valence-electron chi connectivity index (χ1n) is 4.91. The monoisotopic (exact) mass is 301 g/mol. The van der Waals surface area contributed by atoms with Crippen LogP contribution >= 0.6 is 27.5 Å². The Labute approximate surface area is 107 Å². The number of rotatable bonds is 2. The average Bonchev–Trinajstić information content (AvgIpc) is 2.44. The molecule has 5 heteroatoms. The zero-order valence-electron chi connectivity index (χ0n) is 8.59. The second-order valence-corrected chi connectivity index (χ2v) is 4.89. The number of nitrogens with zero attached hydrogens (tertiary/aromatic N) is 1. The first kappa shape index (κ1) is 11.6. The second-order valence-electron chi connectivity index (χ2n) is 3.57. The van der Waals surface area contributed by atoms with Crippen LogP contribution in [0.2, 0.25) is 5.02 Å². The Balaban J connectivity index is 2.60. The van der Waals surface area contributed by atoms with Gasteiger partial charge in [0.2, 0.25) is 0 Å². The van der Waals surface area contributed by atoms with Crippen LogP contribution in [-0.4, -0.2) is 18.2 Å². The quantitative estimate of drug-likeness (QED) is 0.788. The first-order chi connectivity index (χ1) is 7.56. The third-order valence-electron chi connectivity index (χ3n) is 2.43. The summed E-state index contributed by atoms with van der Waals surface area (Å²) < 4.78 is 0.704. The lowest BCUT2D eigenvalue weighted by Crippen LogP contribution is -2.30. The van der Waals surface area contributed by atoms with Gasteiger partial charge in [0, 0.05) is 11.0 Å². The molecule has 0 saturated heterocycles. The molecule has 0 aliphatic carbocycles. The Morgan fingerprint density at radius 2 is 2.06 bits per heavy atom. The van der Waals surface area contributed by atoms with E-state index in [1.54, 1.807) is 12.1 Å². The molecule has 0 bridgehead atoms. The number of Topliss-reactive ketones (excluding diaryl/α,β-unsaturated/α-hetero) is 1. The van der Waals surface area contributed by atoms with Crippen molar-refractivity contribution in [2.75, 3.05) is 11.4 Å². The molecule has 0 fully saturated rings. The molecule has 1 aromatic carbocycles. The number of hydrogen-bond donors (Lipinski definition) is 0. The lowest BCUT2D eigenvalue weighted by atomic mass is 10.1. The van der Waals surface area contributed by atoms with Gasteiger partial charge in [-0.25, -0.2) is 0 Å². The molecule has 84 valence electrons. The van der Waals surface area contributed by atoms with Crippen LogP contribution in [0.1, 0.15) is 23.7 Å². The van der Waals surface area contributed by atoms with Gasteiger partial charge in [-0.15, -0.1) is 0 Å².